The Bertz CT molecular complexity index is 734. The molecule has 21 heavy (non-hydrogen) atoms. The van der Waals surface area contributed by atoms with Gasteiger partial charge in [-0.1, -0.05) is 24.3 Å². The lowest BCUT2D eigenvalue weighted by Crippen LogP contribution is -2.23. The number of pyridine rings is 1. The van der Waals surface area contributed by atoms with Crippen LogP contribution in [-0.4, -0.2) is 15.5 Å². The van der Waals surface area contributed by atoms with Crippen molar-refractivity contribution in [2.75, 3.05) is 0 Å². The van der Waals surface area contributed by atoms with E-state index in [1.807, 2.05) is 30.5 Å². The molecule has 0 aliphatic heterocycles. The van der Waals surface area contributed by atoms with Crippen molar-refractivity contribution < 1.29 is 4.79 Å². The molecule has 3 rings (SSSR count). The maximum Gasteiger partial charge on any atom is 0.222 e. The van der Waals surface area contributed by atoms with Crippen LogP contribution in [0.4, 0.5) is 0 Å². The number of hydrogen-bond donors (Lipinski definition) is 1. The lowest BCUT2D eigenvalue weighted by atomic mass is 10.2. The standard InChI is InChI=1S/C17H17N3O/c21-17(19-13-14-4-3-9-18-12-14)8-11-20-10-7-15-5-1-2-6-16(15)20/h1-7,9-10,12H,8,11,13H2,(H,19,21). The summed E-state index contributed by atoms with van der Waals surface area (Å²) >= 11 is 0. The van der Waals surface area contributed by atoms with Crippen molar-refractivity contribution in [1.82, 2.24) is 14.9 Å². The largest absolute Gasteiger partial charge is 0.352 e. The Morgan fingerprint density at radius 2 is 2.05 bits per heavy atom. The summed E-state index contributed by atoms with van der Waals surface area (Å²) in [4.78, 5) is 15.9. The number of amides is 1. The van der Waals surface area contributed by atoms with Crippen LogP contribution in [0.3, 0.4) is 0 Å². The fraction of sp³-hybridized carbons (Fsp3) is 0.176. The second kappa shape index (κ2) is 6.22. The average molecular weight is 279 g/mol. The number of nitrogens with one attached hydrogen (secondary N) is 1. The number of rotatable bonds is 5. The van der Waals surface area contributed by atoms with E-state index in [1.165, 1.54) is 5.39 Å². The van der Waals surface area contributed by atoms with Crippen molar-refractivity contribution in [2.24, 2.45) is 0 Å². The Balaban J connectivity index is 1.54. The highest BCUT2D eigenvalue weighted by Gasteiger charge is 2.04. The summed E-state index contributed by atoms with van der Waals surface area (Å²) in [7, 11) is 0. The quantitative estimate of drug-likeness (QED) is 0.780. The molecule has 106 valence electrons. The minimum absolute atomic E-state index is 0.0524. The van der Waals surface area contributed by atoms with Gasteiger partial charge in [0.15, 0.2) is 0 Å². The molecule has 2 heterocycles. The summed E-state index contributed by atoms with van der Waals surface area (Å²) in [5, 5.41) is 4.12. The number of aromatic nitrogens is 2. The normalized spacial score (nSPS) is 10.7. The molecular weight excluding hydrogens is 262 g/mol. The van der Waals surface area contributed by atoms with E-state index in [0.717, 1.165) is 11.1 Å². The third-order valence-corrected chi connectivity index (χ3v) is 3.47. The Labute approximate surface area is 123 Å². The van der Waals surface area contributed by atoms with Gasteiger partial charge >= 0.3 is 0 Å². The highest BCUT2D eigenvalue weighted by atomic mass is 16.1. The van der Waals surface area contributed by atoms with E-state index in [1.54, 1.807) is 12.4 Å². The number of carbonyl (C=O) groups excluding carboxylic acids is 1. The van der Waals surface area contributed by atoms with E-state index in [4.69, 9.17) is 0 Å². The topological polar surface area (TPSA) is 46.9 Å². The first-order valence-electron chi connectivity index (χ1n) is 7.02. The smallest absolute Gasteiger partial charge is 0.222 e. The first kappa shape index (κ1) is 13.4. The number of carbonyl (C=O) groups is 1. The van der Waals surface area contributed by atoms with Gasteiger partial charge in [-0.25, -0.2) is 0 Å². The SMILES string of the molecule is O=C(CCn1ccc2ccccc21)NCc1cccnc1. The third kappa shape index (κ3) is 3.28. The number of benzene rings is 1. The third-order valence-electron chi connectivity index (χ3n) is 3.47. The summed E-state index contributed by atoms with van der Waals surface area (Å²) in [6.45, 7) is 1.21. The van der Waals surface area contributed by atoms with E-state index < -0.39 is 0 Å². The second-order valence-corrected chi connectivity index (χ2v) is 4.96. The van der Waals surface area contributed by atoms with Crippen LogP contribution < -0.4 is 5.32 Å². The maximum absolute atomic E-state index is 11.9. The van der Waals surface area contributed by atoms with Gasteiger partial charge in [-0.2, -0.15) is 0 Å². The van der Waals surface area contributed by atoms with Crippen LogP contribution >= 0.6 is 0 Å². The van der Waals surface area contributed by atoms with Gasteiger partial charge in [-0.05, 0) is 29.1 Å². The molecule has 0 radical (unpaired) electrons. The fourth-order valence-electron chi connectivity index (χ4n) is 2.35. The molecule has 0 spiro atoms. The molecule has 1 amide bonds. The van der Waals surface area contributed by atoms with E-state index in [2.05, 4.69) is 33.1 Å². The molecule has 0 bridgehead atoms. The number of nitrogens with zero attached hydrogens (tertiary/aromatic N) is 2. The van der Waals surface area contributed by atoms with Crippen molar-refractivity contribution in [3.8, 4) is 0 Å². The molecule has 4 nitrogen and oxygen atoms in total. The Morgan fingerprint density at radius 3 is 2.90 bits per heavy atom. The molecule has 0 atom stereocenters. The molecule has 0 aliphatic rings. The van der Waals surface area contributed by atoms with Crippen molar-refractivity contribution in [3.05, 3.63) is 66.6 Å². The first-order valence-corrected chi connectivity index (χ1v) is 7.02. The van der Waals surface area contributed by atoms with Crippen LogP contribution in [-0.2, 0) is 17.9 Å². The Morgan fingerprint density at radius 1 is 1.14 bits per heavy atom. The highest BCUT2D eigenvalue weighted by molar-refractivity contribution is 5.80. The maximum atomic E-state index is 11.9. The molecular formula is C17H17N3O. The van der Waals surface area contributed by atoms with Gasteiger partial charge in [0.25, 0.3) is 0 Å². The summed E-state index contributed by atoms with van der Waals surface area (Å²) in [6, 6.07) is 14.1. The predicted octanol–water partition coefficient (Wildman–Crippen LogP) is 2.74. The molecule has 1 aromatic carbocycles. The van der Waals surface area contributed by atoms with Gasteiger partial charge in [-0.15, -0.1) is 0 Å². The van der Waals surface area contributed by atoms with Gasteiger partial charge in [-0.3, -0.25) is 9.78 Å². The Kier molecular flexibility index (Phi) is 3.96. The summed E-state index contributed by atoms with van der Waals surface area (Å²) in [6.07, 6.45) is 5.99. The molecule has 0 saturated heterocycles. The zero-order chi connectivity index (χ0) is 14.5. The Hall–Kier alpha value is -2.62. The lowest BCUT2D eigenvalue weighted by Gasteiger charge is -2.07. The first-order chi connectivity index (χ1) is 10.3. The summed E-state index contributed by atoms with van der Waals surface area (Å²) < 4.78 is 2.11. The van der Waals surface area contributed by atoms with Gasteiger partial charge in [0.05, 0.1) is 0 Å². The second-order valence-electron chi connectivity index (χ2n) is 4.96. The van der Waals surface area contributed by atoms with Crippen molar-refractivity contribution >= 4 is 16.8 Å². The van der Waals surface area contributed by atoms with E-state index >= 15 is 0 Å². The minimum atomic E-state index is 0.0524. The fourth-order valence-corrected chi connectivity index (χ4v) is 2.35. The molecule has 3 aromatic rings. The number of hydrogen-bond acceptors (Lipinski definition) is 2. The lowest BCUT2D eigenvalue weighted by molar-refractivity contribution is -0.121. The summed E-state index contributed by atoms with van der Waals surface area (Å²) in [5.74, 6) is 0.0524. The van der Waals surface area contributed by atoms with Gasteiger partial charge < -0.3 is 9.88 Å². The van der Waals surface area contributed by atoms with Crippen LogP contribution in [0.1, 0.15) is 12.0 Å². The average Bonchev–Trinajstić information content (AvgIpc) is 2.95. The van der Waals surface area contributed by atoms with E-state index in [0.29, 0.717) is 19.5 Å². The predicted molar refractivity (Wildman–Crippen MR) is 82.6 cm³/mol. The molecule has 0 aliphatic carbocycles. The summed E-state index contributed by atoms with van der Waals surface area (Å²) in [5.41, 5.74) is 2.18. The minimum Gasteiger partial charge on any atom is -0.352 e. The van der Waals surface area contributed by atoms with Crippen LogP contribution in [0.25, 0.3) is 10.9 Å². The van der Waals surface area contributed by atoms with Gasteiger partial charge in [0, 0.05) is 43.6 Å². The van der Waals surface area contributed by atoms with Crippen molar-refractivity contribution in [1.29, 1.82) is 0 Å². The van der Waals surface area contributed by atoms with Crippen LogP contribution in [0.5, 0.6) is 0 Å². The van der Waals surface area contributed by atoms with E-state index in [9.17, 15) is 4.79 Å². The van der Waals surface area contributed by atoms with Crippen LogP contribution in [0, 0.1) is 0 Å². The van der Waals surface area contributed by atoms with E-state index in [-0.39, 0.29) is 5.91 Å². The molecule has 0 fully saturated rings. The number of aryl methyl sites for hydroxylation is 1. The monoisotopic (exact) mass is 279 g/mol. The van der Waals surface area contributed by atoms with Crippen LogP contribution in [0.2, 0.25) is 0 Å². The molecule has 0 unspecified atom stereocenters. The number of para-hydroxylation sites is 1. The highest BCUT2D eigenvalue weighted by Crippen LogP contribution is 2.15. The van der Waals surface area contributed by atoms with Crippen molar-refractivity contribution in [2.45, 2.75) is 19.5 Å². The molecule has 1 N–H and O–H groups in total. The number of fused-ring (bicyclic) bond motifs is 1. The van der Waals surface area contributed by atoms with Crippen LogP contribution in [0.15, 0.2) is 61.1 Å². The van der Waals surface area contributed by atoms with Crippen molar-refractivity contribution in [3.63, 3.8) is 0 Å². The zero-order valence-corrected chi connectivity index (χ0v) is 11.7. The molecule has 4 heteroatoms. The molecule has 2 aromatic heterocycles. The van der Waals surface area contributed by atoms with Gasteiger partial charge in [0.1, 0.15) is 0 Å². The zero-order valence-electron chi connectivity index (χ0n) is 11.7. The van der Waals surface area contributed by atoms with Gasteiger partial charge in [0.2, 0.25) is 5.91 Å². The molecule has 0 saturated carbocycles.